The van der Waals surface area contributed by atoms with E-state index in [2.05, 4.69) is 68.0 Å². The summed E-state index contributed by atoms with van der Waals surface area (Å²) in [6.07, 6.45) is 11.1. The number of aryl methyl sites for hydroxylation is 1. The van der Waals surface area contributed by atoms with Crippen molar-refractivity contribution >= 4 is 11.4 Å². The van der Waals surface area contributed by atoms with Gasteiger partial charge in [-0.3, -0.25) is 0 Å². The second kappa shape index (κ2) is 8.71. The van der Waals surface area contributed by atoms with Crippen LogP contribution in [-0.4, -0.2) is 17.3 Å². The first-order chi connectivity index (χ1) is 9.13. The summed E-state index contributed by atoms with van der Waals surface area (Å²) in [5.41, 5.74) is 8.37. The molecule has 2 nitrogen and oxygen atoms in total. The maximum Gasteiger partial charge on any atom is 0.208 e. The van der Waals surface area contributed by atoms with Crippen molar-refractivity contribution < 1.29 is 37.3 Å². The molecule has 0 saturated heterocycles. The Morgan fingerprint density at radius 1 is 1.05 bits per heavy atom. The van der Waals surface area contributed by atoms with E-state index in [4.69, 9.17) is 0 Å². The van der Waals surface area contributed by atoms with E-state index in [1.807, 2.05) is 0 Å². The smallest absolute Gasteiger partial charge is 0.208 e. The van der Waals surface area contributed by atoms with Crippen LogP contribution in [0.3, 0.4) is 0 Å². The monoisotopic (exact) mass is 372 g/mol. The van der Waals surface area contributed by atoms with Gasteiger partial charge in [0.25, 0.3) is 0 Å². The van der Waals surface area contributed by atoms with Crippen LogP contribution in [0.25, 0.3) is 0 Å². The molecule has 0 bridgehead atoms. The Bertz CT molecular complexity index is 664. The third kappa shape index (κ3) is 4.35. The maximum absolute atomic E-state index is 2.31. The number of fused-ring (bicyclic) bond motifs is 1. The van der Waals surface area contributed by atoms with Crippen molar-refractivity contribution in [2.24, 2.45) is 0 Å². The van der Waals surface area contributed by atoms with E-state index in [0.29, 0.717) is 0 Å². The molecule has 1 aromatic rings. The molecule has 1 aromatic carbocycles. The molecule has 0 amide bonds. The van der Waals surface area contributed by atoms with Crippen molar-refractivity contribution in [2.45, 2.75) is 34.1 Å². The molecule has 2 aliphatic rings. The summed E-state index contributed by atoms with van der Waals surface area (Å²) in [7, 11) is 2.16. The van der Waals surface area contributed by atoms with Gasteiger partial charge in [-0.05, 0) is 31.9 Å². The Kier molecular flexibility index (Phi) is 8.39. The van der Waals surface area contributed by atoms with Gasteiger partial charge in [-0.25, -0.2) is 0 Å². The van der Waals surface area contributed by atoms with Gasteiger partial charge < -0.3 is 6.15 Å². The third-order valence-electron chi connectivity index (χ3n) is 3.95. The first kappa shape index (κ1) is 21.2. The molecule has 0 saturated carbocycles. The number of rotatable bonds is 2. The van der Waals surface area contributed by atoms with Crippen molar-refractivity contribution in [3.8, 4) is 0 Å². The molecule has 0 atom stereocenters. The first-order valence-electron chi connectivity index (χ1n) is 6.87. The Balaban J connectivity index is 0.00000147. The molecular formula is C19H27N2Y+. The minimum absolute atomic E-state index is 0. The number of hydrogen-bond donors (Lipinski definition) is 1. The minimum atomic E-state index is 0. The standard InChI is InChI=1S/C18H20N.CH4.H3N.Y/c1-13-4-6-15(10-13)7-8-17-12-16-11-14(2)5-9-18(16)19(17)3;;;/h4-9,11H,10,12H2,1-3H3;1H4;1H3;/q+1;;;. The zero-order chi connectivity index (χ0) is 13.4. The van der Waals surface area contributed by atoms with E-state index >= 15 is 0 Å². The van der Waals surface area contributed by atoms with Crippen molar-refractivity contribution in [3.05, 3.63) is 64.8 Å². The van der Waals surface area contributed by atoms with E-state index in [0.717, 1.165) is 12.8 Å². The molecular weight excluding hydrogens is 345 g/mol. The molecule has 1 heterocycles. The van der Waals surface area contributed by atoms with Gasteiger partial charge in [-0.15, -0.1) is 0 Å². The van der Waals surface area contributed by atoms with Gasteiger partial charge in [0.05, 0.1) is 6.42 Å². The summed E-state index contributed by atoms with van der Waals surface area (Å²) in [5.74, 6) is 0. The van der Waals surface area contributed by atoms with Gasteiger partial charge >= 0.3 is 0 Å². The molecule has 0 fully saturated rings. The van der Waals surface area contributed by atoms with E-state index in [-0.39, 0.29) is 46.3 Å². The van der Waals surface area contributed by atoms with Crippen LogP contribution in [0.4, 0.5) is 5.69 Å². The molecule has 115 valence electrons. The topological polar surface area (TPSA) is 38.0 Å². The van der Waals surface area contributed by atoms with Crippen LogP contribution >= 0.6 is 0 Å². The van der Waals surface area contributed by atoms with Gasteiger partial charge in [0.2, 0.25) is 5.69 Å². The van der Waals surface area contributed by atoms with Crippen molar-refractivity contribution in [2.75, 3.05) is 7.05 Å². The summed E-state index contributed by atoms with van der Waals surface area (Å²) < 4.78 is 2.31. The Hall–Kier alpha value is -0.826. The molecule has 0 unspecified atom stereocenters. The molecule has 3 N–H and O–H groups in total. The zero-order valence-corrected chi connectivity index (χ0v) is 16.0. The molecule has 1 radical (unpaired) electrons. The Labute approximate surface area is 160 Å². The number of nitrogens with zero attached hydrogens (tertiary/aromatic N) is 1. The van der Waals surface area contributed by atoms with E-state index < -0.39 is 0 Å². The van der Waals surface area contributed by atoms with E-state index in [1.54, 1.807) is 0 Å². The fourth-order valence-corrected chi connectivity index (χ4v) is 2.83. The van der Waals surface area contributed by atoms with Gasteiger partial charge in [-0.2, -0.15) is 4.58 Å². The van der Waals surface area contributed by atoms with E-state index in [9.17, 15) is 0 Å². The average Bonchev–Trinajstić information content (AvgIpc) is 2.91. The van der Waals surface area contributed by atoms with E-state index in [1.165, 1.54) is 33.7 Å². The van der Waals surface area contributed by atoms with Crippen LogP contribution in [0.15, 0.2) is 53.6 Å². The molecule has 1 aliphatic carbocycles. The van der Waals surface area contributed by atoms with Crippen LogP contribution in [0, 0.1) is 6.92 Å². The Morgan fingerprint density at radius 2 is 1.77 bits per heavy atom. The summed E-state index contributed by atoms with van der Waals surface area (Å²) in [6.45, 7) is 4.34. The quantitative estimate of drug-likeness (QED) is 0.737. The normalized spacial score (nSPS) is 15.6. The number of hydrogen-bond acceptors (Lipinski definition) is 1. The number of benzene rings is 1. The fraction of sp³-hybridized carbons (Fsp3) is 0.316. The zero-order valence-electron chi connectivity index (χ0n) is 13.2. The van der Waals surface area contributed by atoms with Crippen molar-refractivity contribution in [1.29, 1.82) is 0 Å². The van der Waals surface area contributed by atoms with Crippen LogP contribution < -0.4 is 6.15 Å². The number of allylic oxidation sites excluding steroid dienone is 6. The van der Waals surface area contributed by atoms with Gasteiger partial charge in [0.15, 0.2) is 5.71 Å². The summed E-state index contributed by atoms with van der Waals surface area (Å²) in [4.78, 5) is 0. The van der Waals surface area contributed by atoms with Gasteiger partial charge in [0.1, 0.15) is 7.05 Å². The summed E-state index contributed by atoms with van der Waals surface area (Å²) >= 11 is 0. The van der Waals surface area contributed by atoms with Gasteiger partial charge in [-0.1, -0.05) is 42.9 Å². The van der Waals surface area contributed by atoms with Gasteiger partial charge in [0, 0.05) is 50.4 Å². The molecule has 22 heavy (non-hydrogen) atoms. The predicted molar refractivity (Wildman–Crippen MR) is 93.1 cm³/mol. The van der Waals surface area contributed by atoms with Crippen LogP contribution in [0.1, 0.15) is 31.9 Å². The molecule has 0 aromatic heterocycles. The summed E-state index contributed by atoms with van der Waals surface area (Å²) in [5, 5.41) is 0. The first-order valence-corrected chi connectivity index (χ1v) is 6.87. The predicted octanol–water partition coefficient (Wildman–Crippen LogP) is 4.89. The van der Waals surface area contributed by atoms with Crippen molar-refractivity contribution in [3.63, 3.8) is 0 Å². The fourth-order valence-electron chi connectivity index (χ4n) is 2.83. The third-order valence-corrected chi connectivity index (χ3v) is 3.95. The average molecular weight is 372 g/mol. The van der Waals surface area contributed by atoms with Crippen LogP contribution in [-0.2, 0) is 39.1 Å². The Morgan fingerprint density at radius 3 is 2.41 bits per heavy atom. The molecule has 1 aliphatic heterocycles. The second-order valence-corrected chi connectivity index (χ2v) is 5.62. The van der Waals surface area contributed by atoms with Crippen LogP contribution in [0.5, 0.6) is 0 Å². The minimum Gasteiger partial charge on any atom is -0.344 e. The second-order valence-electron chi connectivity index (χ2n) is 5.62. The van der Waals surface area contributed by atoms with Crippen molar-refractivity contribution in [1.82, 2.24) is 6.15 Å². The molecule has 3 heteroatoms. The SMILES string of the molecule is C.CC1=CC=C(C=CC2=[N+](C)c3ccc(C)cc3C2)C1.N.[Y]. The summed E-state index contributed by atoms with van der Waals surface area (Å²) in [6, 6.07) is 6.72. The largest absolute Gasteiger partial charge is 0.344 e. The maximum atomic E-state index is 2.31. The van der Waals surface area contributed by atoms with Crippen LogP contribution in [0.2, 0.25) is 0 Å². The molecule has 3 rings (SSSR count). The molecule has 0 spiro atoms.